The molecule has 0 N–H and O–H groups in total. The summed E-state index contributed by atoms with van der Waals surface area (Å²) >= 11 is 7.47. The van der Waals surface area contributed by atoms with Crippen LogP contribution < -0.4 is 4.74 Å². The van der Waals surface area contributed by atoms with Gasteiger partial charge in [-0.3, -0.25) is 4.79 Å². The smallest absolute Gasteiger partial charge is 0.274 e. The van der Waals surface area contributed by atoms with Crippen LogP contribution in [0.5, 0.6) is 5.75 Å². The van der Waals surface area contributed by atoms with E-state index in [-0.39, 0.29) is 22.7 Å². The number of terminal acetylenes is 1. The topological polar surface area (TPSA) is 64.5 Å². The molecule has 0 aliphatic carbocycles. The highest BCUT2D eigenvalue weighted by atomic mass is 35.5. The molecule has 0 bridgehead atoms. The number of benzene rings is 1. The van der Waals surface area contributed by atoms with Gasteiger partial charge in [0.05, 0.1) is 24.4 Å². The summed E-state index contributed by atoms with van der Waals surface area (Å²) in [7, 11) is 0. The summed E-state index contributed by atoms with van der Waals surface area (Å²) in [5.74, 6) is 3.00. The first-order chi connectivity index (χ1) is 13.1. The number of rotatable bonds is 5. The lowest BCUT2D eigenvalue weighted by molar-refractivity contribution is -0.0402. The molecule has 1 unspecified atom stereocenters. The van der Waals surface area contributed by atoms with Crippen molar-refractivity contribution in [2.75, 3.05) is 32.6 Å². The maximum atomic E-state index is 12.8. The van der Waals surface area contributed by atoms with Gasteiger partial charge in [0.15, 0.2) is 10.9 Å². The number of amides is 1. The molecule has 0 saturated carbocycles. The average molecular weight is 404 g/mol. The number of morpholine rings is 1. The molecule has 1 fully saturated rings. The second-order valence-electron chi connectivity index (χ2n) is 5.78. The molecular formula is C19H18ClN3O3S. The van der Waals surface area contributed by atoms with Gasteiger partial charge >= 0.3 is 0 Å². The number of halogens is 1. The summed E-state index contributed by atoms with van der Waals surface area (Å²) in [6, 6.07) is 7.29. The van der Waals surface area contributed by atoms with Crippen molar-refractivity contribution in [3.05, 3.63) is 46.7 Å². The number of nitrogens with zero attached hydrogens (tertiary/aromatic N) is 3. The minimum Gasteiger partial charge on any atom is -0.491 e. The fourth-order valence-corrected chi connectivity index (χ4v) is 3.13. The largest absolute Gasteiger partial charge is 0.491 e. The first kappa shape index (κ1) is 19.5. The zero-order valence-corrected chi connectivity index (χ0v) is 16.3. The van der Waals surface area contributed by atoms with Crippen molar-refractivity contribution in [1.29, 1.82) is 0 Å². The number of carbonyl (C=O) groups excluding carboxylic acids is 1. The molecule has 2 aromatic rings. The quantitative estimate of drug-likeness (QED) is 0.434. The molecule has 1 saturated heterocycles. The van der Waals surface area contributed by atoms with E-state index in [0.717, 1.165) is 5.56 Å². The van der Waals surface area contributed by atoms with E-state index in [0.29, 0.717) is 37.2 Å². The number of hydrogen-bond donors (Lipinski definition) is 0. The van der Waals surface area contributed by atoms with Crippen molar-refractivity contribution >= 4 is 29.3 Å². The number of aromatic nitrogens is 2. The predicted molar refractivity (Wildman–Crippen MR) is 104 cm³/mol. The third-order valence-corrected chi connectivity index (χ3v) is 4.81. The molecule has 27 heavy (non-hydrogen) atoms. The zero-order valence-electron chi connectivity index (χ0n) is 14.7. The molecule has 1 amide bonds. The fourth-order valence-electron chi connectivity index (χ4n) is 2.62. The molecule has 0 radical (unpaired) electrons. The van der Waals surface area contributed by atoms with Gasteiger partial charge in [-0.05, 0) is 24.5 Å². The lowest BCUT2D eigenvalue weighted by atomic mass is 10.2. The van der Waals surface area contributed by atoms with Gasteiger partial charge in [0.2, 0.25) is 0 Å². The summed E-state index contributed by atoms with van der Waals surface area (Å²) in [5, 5.41) is 0.743. The van der Waals surface area contributed by atoms with Gasteiger partial charge in [-0.15, -0.1) is 6.42 Å². The molecule has 2 heterocycles. The molecule has 1 aliphatic rings. The third-order valence-electron chi connectivity index (χ3n) is 3.97. The number of thioether (sulfide) groups is 1. The van der Waals surface area contributed by atoms with Crippen LogP contribution >= 0.6 is 23.4 Å². The summed E-state index contributed by atoms with van der Waals surface area (Å²) in [4.78, 5) is 22.8. The first-order valence-corrected chi connectivity index (χ1v) is 9.88. The number of ether oxygens (including phenoxy) is 2. The third kappa shape index (κ3) is 4.92. The van der Waals surface area contributed by atoms with Gasteiger partial charge < -0.3 is 14.4 Å². The van der Waals surface area contributed by atoms with Crippen molar-refractivity contribution in [2.24, 2.45) is 0 Å². The summed E-state index contributed by atoms with van der Waals surface area (Å²) < 4.78 is 11.5. The van der Waals surface area contributed by atoms with Crippen LogP contribution in [-0.2, 0) is 4.74 Å². The molecule has 1 aliphatic heterocycles. The van der Waals surface area contributed by atoms with E-state index in [1.54, 1.807) is 11.0 Å². The van der Waals surface area contributed by atoms with Crippen LogP contribution in [0.1, 0.15) is 16.1 Å². The van der Waals surface area contributed by atoms with Crippen LogP contribution in [-0.4, -0.2) is 59.4 Å². The number of hydrogen-bond acceptors (Lipinski definition) is 6. The van der Waals surface area contributed by atoms with E-state index in [9.17, 15) is 4.79 Å². The Morgan fingerprint density at radius 1 is 1.56 bits per heavy atom. The molecule has 8 heteroatoms. The Morgan fingerprint density at radius 2 is 2.41 bits per heavy atom. The molecule has 0 spiro atoms. The zero-order chi connectivity index (χ0) is 19.2. The van der Waals surface area contributed by atoms with E-state index in [1.807, 2.05) is 24.5 Å². The van der Waals surface area contributed by atoms with Crippen molar-refractivity contribution in [3.8, 4) is 18.1 Å². The van der Waals surface area contributed by atoms with Crippen LogP contribution in [0, 0.1) is 12.3 Å². The average Bonchev–Trinajstić information content (AvgIpc) is 2.72. The number of carbonyl (C=O) groups is 1. The van der Waals surface area contributed by atoms with Crippen LogP contribution in [0.2, 0.25) is 5.02 Å². The lowest BCUT2D eigenvalue weighted by Crippen LogP contribution is -2.48. The highest BCUT2D eigenvalue weighted by molar-refractivity contribution is 7.98. The van der Waals surface area contributed by atoms with Crippen molar-refractivity contribution in [3.63, 3.8) is 0 Å². The standard InChI is InChI=1S/C19H18ClN3O3S/c1-3-13-5-4-6-14(9-13)26-12-15-11-23(7-8-25-15)18(24)17-16(20)10-21-19(22-17)27-2/h1,4-6,9-10,15H,7-8,11-12H2,2H3. The van der Waals surface area contributed by atoms with Gasteiger partial charge in [0, 0.05) is 12.1 Å². The summed E-state index contributed by atoms with van der Waals surface area (Å²) in [5.41, 5.74) is 0.955. The highest BCUT2D eigenvalue weighted by Gasteiger charge is 2.28. The molecule has 3 rings (SSSR count). The van der Waals surface area contributed by atoms with Gasteiger partial charge in [-0.2, -0.15) is 0 Å². The Bertz CT molecular complexity index is 872. The SMILES string of the molecule is C#Cc1cccc(OCC2CN(C(=O)c3nc(SC)ncc3Cl)CCO2)c1. The molecule has 6 nitrogen and oxygen atoms in total. The van der Waals surface area contributed by atoms with E-state index < -0.39 is 0 Å². The van der Waals surface area contributed by atoms with Crippen molar-refractivity contribution in [1.82, 2.24) is 14.9 Å². The first-order valence-electron chi connectivity index (χ1n) is 8.27. The summed E-state index contributed by atoms with van der Waals surface area (Å²) in [6.45, 7) is 1.59. The van der Waals surface area contributed by atoms with E-state index in [4.69, 9.17) is 27.5 Å². The summed E-state index contributed by atoms with van der Waals surface area (Å²) in [6.07, 6.45) is 8.44. The monoisotopic (exact) mass is 403 g/mol. The van der Waals surface area contributed by atoms with Crippen LogP contribution in [0.3, 0.4) is 0 Å². The Balaban J connectivity index is 1.63. The normalized spacial score (nSPS) is 16.6. The van der Waals surface area contributed by atoms with Crippen LogP contribution in [0.4, 0.5) is 0 Å². The Morgan fingerprint density at radius 3 is 3.19 bits per heavy atom. The molecule has 140 valence electrons. The van der Waals surface area contributed by atoms with Crippen molar-refractivity contribution in [2.45, 2.75) is 11.3 Å². The van der Waals surface area contributed by atoms with Gasteiger partial charge in [-0.25, -0.2) is 9.97 Å². The van der Waals surface area contributed by atoms with E-state index in [1.165, 1.54) is 18.0 Å². The Kier molecular flexibility index (Phi) is 6.56. The van der Waals surface area contributed by atoms with E-state index >= 15 is 0 Å². The Hall–Kier alpha value is -2.27. The fraction of sp³-hybridized carbons (Fsp3) is 0.316. The maximum absolute atomic E-state index is 12.8. The Labute approximate surface area is 167 Å². The molecule has 1 aromatic heterocycles. The van der Waals surface area contributed by atoms with Crippen molar-refractivity contribution < 1.29 is 14.3 Å². The van der Waals surface area contributed by atoms with E-state index in [2.05, 4.69) is 15.9 Å². The van der Waals surface area contributed by atoms with Crippen LogP contribution in [0.25, 0.3) is 0 Å². The lowest BCUT2D eigenvalue weighted by Gasteiger charge is -2.32. The molecule has 1 atom stereocenters. The van der Waals surface area contributed by atoms with Gasteiger partial charge in [-0.1, -0.05) is 35.3 Å². The minimum atomic E-state index is -0.252. The second-order valence-corrected chi connectivity index (χ2v) is 6.96. The van der Waals surface area contributed by atoms with Gasteiger partial charge in [0.25, 0.3) is 5.91 Å². The maximum Gasteiger partial charge on any atom is 0.274 e. The second kappa shape index (κ2) is 9.09. The van der Waals surface area contributed by atoms with Gasteiger partial charge in [0.1, 0.15) is 18.5 Å². The molecular weight excluding hydrogens is 386 g/mol. The predicted octanol–water partition coefficient (Wildman–Crippen LogP) is 2.75. The highest BCUT2D eigenvalue weighted by Crippen LogP contribution is 2.20. The van der Waals surface area contributed by atoms with Crippen LogP contribution in [0.15, 0.2) is 35.6 Å². The molecule has 1 aromatic carbocycles. The minimum absolute atomic E-state index is 0.208.